The van der Waals surface area contributed by atoms with Crippen LogP contribution < -0.4 is 5.73 Å². The zero-order chi connectivity index (χ0) is 18.0. The Balaban J connectivity index is 3.90. The number of rotatable bonds is 17. The Morgan fingerprint density at radius 1 is 0.667 bits per heavy atom. The molecule has 0 aromatic heterocycles. The van der Waals surface area contributed by atoms with Gasteiger partial charge in [-0.2, -0.15) is 0 Å². The molecule has 24 heavy (non-hydrogen) atoms. The quantitative estimate of drug-likeness (QED) is 0.139. The molecule has 1 atom stereocenters. The molecule has 0 radical (unpaired) electrons. The lowest BCUT2D eigenvalue weighted by atomic mass is 9.90. The second-order valence-electron chi connectivity index (χ2n) is 7.90. The molecule has 2 nitrogen and oxygen atoms in total. The summed E-state index contributed by atoms with van der Waals surface area (Å²) in [4.78, 5) is 0. The van der Waals surface area contributed by atoms with Crippen LogP contribution in [0.5, 0.6) is 0 Å². The Labute approximate surface area is 153 Å². The van der Waals surface area contributed by atoms with E-state index in [0.29, 0.717) is 0 Å². The van der Waals surface area contributed by atoms with Crippen molar-refractivity contribution in [2.24, 2.45) is 11.7 Å². The summed E-state index contributed by atoms with van der Waals surface area (Å²) >= 11 is 0. The summed E-state index contributed by atoms with van der Waals surface area (Å²) in [6.07, 6.45) is 22.2. The van der Waals surface area contributed by atoms with Gasteiger partial charge in [0.15, 0.2) is 0 Å². The van der Waals surface area contributed by atoms with Gasteiger partial charge in [-0.15, -0.1) is 0 Å². The van der Waals surface area contributed by atoms with Crippen molar-refractivity contribution >= 4 is 5.84 Å². The molecular formula is C22H47N2+. The second-order valence-corrected chi connectivity index (χ2v) is 7.90. The van der Waals surface area contributed by atoms with Gasteiger partial charge in [0, 0.05) is 6.42 Å². The van der Waals surface area contributed by atoms with Crippen LogP contribution in [0.25, 0.3) is 0 Å². The lowest BCUT2D eigenvalue weighted by Crippen LogP contribution is -2.23. The zero-order valence-corrected chi connectivity index (χ0v) is 17.4. The first-order valence-electron chi connectivity index (χ1n) is 10.9. The lowest BCUT2D eigenvalue weighted by molar-refractivity contribution is -0.466. The van der Waals surface area contributed by atoms with E-state index in [2.05, 4.69) is 32.5 Å². The van der Waals surface area contributed by atoms with Crippen molar-refractivity contribution in [2.75, 3.05) is 14.1 Å². The molecule has 0 saturated carbocycles. The molecule has 0 bridgehead atoms. The van der Waals surface area contributed by atoms with E-state index in [9.17, 15) is 0 Å². The minimum atomic E-state index is 0.889. The van der Waals surface area contributed by atoms with Gasteiger partial charge < -0.3 is 0 Å². The summed E-state index contributed by atoms with van der Waals surface area (Å²) in [5.74, 6) is 1.94. The first-order chi connectivity index (χ1) is 11.6. The van der Waals surface area contributed by atoms with Gasteiger partial charge in [0.25, 0.3) is 0 Å². The van der Waals surface area contributed by atoms with E-state index < -0.39 is 0 Å². The highest BCUT2D eigenvalue weighted by molar-refractivity contribution is 5.75. The maximum atomic E-state index is 6.12. The molecule has 0 aromatic rings. The molecule has 0 spiro atoms. The van der Waals surface area contributed by atoms with E-state index in [4.69, 9.17) is 5.73 Å². The van der Waals surface area contributed by atoms with Crippen LogP contribution in [0.4, 0.5) is 0 Å². The summed E-state index contributed by atoms with van der Waals surface area (Å²) in [7, 11) is 4.12. The first-order valence-corrected chi connectivity index (χ1v) is 10.9. The highest BCUT2D eigenvalue weighted by atomic mass is 15.0. The molecule has 0 rings (SSSR count). The fourth-order valence-corrected chi connectivity index (χ4v) is 3.44. The number of hydrogen-bond donors (Lipinski definition) is 1. The average molecular weight is 340 g/mol. The van der Waals surface area contributed by atoms with Crippen molar-refractivity contribution in [1.82, 2.24) is 0 Å². The third-order valence-electron chi connectivity index (χ3n) is 5.32. The van der Waals surface area contributed by atoms with Gasteiger partial charge in [-0.25, -0.2) is 0 Å². The topological polar surface area (TPSA) is 29.0 Å². The fraction of sp³-hybridized carbons (Fsp3) is 0.955. The van der Waals surface area contributed by atoms with Crippen molar-refractivity contribution in [3.05, 3.63) is 0 Å². The molecule has 2 heteroatoms. The van der Waals surface area contributed by atoms with Gasteiger partial charge in [0.2, 0.25) is 5.84 Å². The monoisotopic (exact) mass is 339 g/mol. The Kier molecular flexibility index (Phi) is 16.9. The predicted octanol–water partition coefficient (Wildman–Crippen LogP) is 6.51. The maximum absolute atomic E-state index is 6.12. The summed E-state index contributed by atoms with van der Waals surface area (Å²) in [5.41, 5.74) is 6.12. The van der Waals surface area contributed by atoms with Crippen LogP contribution in [0.15, 0.2) is 0 Å². The summed E-state index contributed by atoms with van der Waals surface area (Å²) in [6, 6.07) is 0. The molecule has 144 valence electrons. The van der Waals surface area contributed by atoms with Crippen LogP contribution in [0.3, 0.4) is 0 Å². The van der Waals surface area contributed by atoms with Crippen molar-refractivity contribution < 1.29 is 4.58 Å². The lowest BCUT2D eigenvalue weighted by Gasteiger charge is -2.16. The molecule has 0 aliphatic carbocycles. The van der Waals surface area contributed by atoms with E-state index in [-0.39, 0.29) is 0 Å². The second kappa shape index (κ2) is 17.3. The first kappa shape index (κ1) is 23.5. The summed E-state index contributed by atoms with van der Waals surface area (Å²) < 4.78 is 2.07. The summed E-state index contributed by atoms with van der Waals surface area (Å²) in [5, 5.41) is 0. The number of hydrogen-bond acceptors (Lipinski definition) is 0. The van der Waals surface area contributed by atoms with Crippen LogP contribution in [0, 0.1) is 5.92 Å². The molecule has 0 aliphatic heterocycles. The van der Waals surface area contributed by atoms with E-state index >= 15 is 0 Å². The minimum Gasteiger partial charge on any atom is -0.291 e. The number of nitrogens with two attached hydrogens (primary N) is 1. The van der Waals surface area contributed by atoms with E-state index in [1.54, 1.807) is 0 Å². The van der Waals surface area contributed by atoms with Crippen molar-refractivity contribution in [2.45, 2.75) is 117 Å². The van der Waals surface area contributed by atoms with Gasteiger partial charge in [0.05, 0.1) is 14.1 Å². The van der Waals surface area contributed by atoms with Crippen LogP contribution in [-0.4, -0.2) is 24.5 Å². The third-order valence-corrected chi connectivity index (χ3v) is 5.32. The van der Waals surface area contributed by atoms with Crippen LogP contribution in [0.2, 0.25) is 0 Å². The molecule has 0 amide bonds. The highest BCUT2D eigenvalue weighted by Crippen LogP contribution is 2.23. The van der Waals surface area contributed by atoms with E-state index in [1.807, 2.05) is 0 Å². The molecular weight excluding hydrogens is 292 g/mol. The number of amidine groups is 1. The summed E-state index contributed by atoms with van der Waals surface area (Å²) in [6.45, 7) is 4.59. The fourth-order valence-electron chi connectivity index (χ4n) is 3.44. The Morgan fingerprint density at radius 3 is 1.54 bits per heavy atom. The molecule has 1 unspecified atom stereocenters. The highest BCUT2D eigenvalue weighted by Gasteiger charge is 2.11. The van der Waals surface area contributed by atoms with Gasteiger partial charge >= 0.3 is 0 Å². The standard InChI is InChI=1S/C22H46N2/c1-5-7-9-11-12-13-14-16-18-21(17-15-10-8-6-2)19-20-22(23)24(3)4/h21,23H,5-20H2,1-4H3/p+1. The van der Waals surface area contributed by atoms with Crippen molar-refractivity contribution in [3.63, 3.8) is 0 Å². The van der Waals surface area contributed by atoms with Gasteiger partial charge in [0.1, 0.15) is 0 Å². The van der Waals surface area contributed by atoms with Gasteiger partial charge in [-0.1, -0.05) is 104 Å². The van der Waals surface area contributed by atoms with Crippen LogP contribution in [0.1, 0.15) is 117 Å². The van der Waals surface area contributed by atoms with Gasteiger partial charge in [-0.05, 0) is 12.3 Å². The van der Waals surface area contributed by atoms with Crippen LogP contribution in [-0.2, 0) is 0 Å². The molecule has 0 aromatic carbocycles. The van der Waals surface area contributed by atoms with E-state index in [0.717, 1.165) is 18.2 Å². The maximum Gasteiger partial charge on any atom is 0.242 e. The van der Waals surface area contributed by atoms with Gasteiger partial charge in [-0.3, -0.25) is 10.3 Å². The molecule has 0 saturated heterocycles. The predicted molar refractivity (Wildman–Crippen MR) is 110 cm³/mol. The Bertz CT molecular complexity index is 292. The Hall–Kier alpha value is -0.530. The molecule has 0 aliphatic rings. The minimum absolute atomic E-state index is 0.889. The largest absolute Gasteiger partial charge is 0.291 e. The van der Waals surface area contributed by atoms with Crippen molar-refractivity contribution in [3.8, 4) is 0 Å². The SMILES string of the molecule is CCCCCCCCCCC(CCCCCC)CCC(N)=[N+](C)C. The third kappa shape index (κ3) is 15.0. The Morgan fingerprint density at radius 2 is 1.08 bits per heavy atom. The van der Waals surface area contributed by atoms with Crippen LogP contribution >= 0.6 is 0 Å². The molecule has 0 fully saturated rings. The zero-order valence-electron chi connectivity index (χ0n) is 17.4. The molecule has 0 heterocycles. The van der Waals surface area contributed by atoms with Crippen molar-refractivity contribution in [1.29, 1.82) is 0 Å². The molecule has 2 N–H and O–H groups in total. The normalized spacial score (nSPS) is 12.3. The van der Waals surface area contributed by atoms with E-state index in [1.165, 1.54) is 96.3 Å². The number of unbranched alkanes of at least 4 members (excludes halogenated alkanes) is 10. The smallest absolute Gasteiger partial charge is 0.242 e. The average Bonchev–Trinajstić information content (AvgIpc) is 2.57. The number of nitrogens with zero attached hydrogens (tertiary/aromatic N) is 1.